The SMILES string of the molecule is COCC(C)N(C)C(=O)c1sc2ccccc2c1N. The lowest BCUT2D eigenvalue weighted by Gasteiger charge is -2.23. The first-order chi connectivity index (χ1) is 9.06. The molecular formula is C14H18N2O2S. The minimum absolute atomic E-state index is 0.0158. The smallest absolute Gasteiger partial charge is 0.266 e. The van der Waals surface area contributed by atoms with E-state index in [0.717, 1.165) is 10.1 Å². The number of carbonyl (C=O) groups excluding carboxylic acids is 1. The normalized spacial score (nSPS) is 12.6. The lowest BCUT2D eigenvalue weighted by atomic mass is 10.2. The number of rotatable bonds is 4. The van der Waals surface area contributed by atoms with Crippen molar-refractivity contribution in [3.63, 3.8) is 0 Å². The minimum atomic E-state index is -0.0525. The van der Waals surface area contributed by atoms with Crippen LogP contribution in [0.5, 0.6) is 0 Å². The number of hydrogen-bond donors (Lipinski definition) is 1. The summed E-state index contributed by atoms with van der Waals surface area (Å²) in [5, 5.41) is 0.948. The molecule has 0 saturated carbocycles. The number of anilines is 1. The average Bonchev–Trinajstić information content (AvgIpc) is 2.75. The third-order valence-electron chi connectivity index (χ3n) is 3.22. The van der Waals surface area contributed by atoms with Gasteiger partial charge in [-0.15, -0.1) is 11.3 Å². The lowest BCUT2D eigenvalue weighted by molar-refractivity contribution is 0.0639. The van der Waals surface area contributed by atoms with Crippen LogP contribution < -0.4 is 5.73 Å². The van der Waals surface area contributed by atoms with E-state index < -0.39 is 0 Å². The number of methoxy groups -OCH3 is 1. The van der Waals surface area contributed by atoms with Gasteiger partial charge < -0.3 is 15.4 Å². The fourth-order valence-corrected chi connectivity index (χ4v) is 3.04. The van der Waals surface area contributed by atoms with Gasteiger partial charge >= 0.3 is 0 Å². The second kappa shape index (κ2) is 5.59. The van der Waals surface area contributed by atoms with Crippen molar-refractivity contribution in [3.05, 3.63) is 29.1 Å². The number of likely N-dealkylation sites (N-methyl/N-ethyl adjacent to an activating group) is 1. The van der Waals surface area contributed by atoms with Crippen LogP contribution in [0.2, 0.25) is 0 Å². The van der Waals surface area contributed by atoms with E-state index in [1.165, 1.54) is 11.3 Å². The number of ether oxygens (including phenoxy) is 1. The van der Waals surface area contributed by atoms with Gasteiger partial charge in [-0.05, 0) is 13.0 Å². The van der Waals surface area contributed by atoms with Crippen molar-refractivity contribution in [2.45, 2.75) is 13.0 Å². The highest BCUT2D eigenvalue weighted by Gasteiger charge is 2.22. The third kappa shape index (κ3) is 2.57. The fourth-order valence-electron chi connectivity index (χ4n) is 1.94. The quantitative estimate of drug-likeness (QED) is 0.935. The zero-order chi connectivity index (χ0) is 14.0. The van der Waals surface area contributed by atoms with E-state index in [-0.39, 0.29) is 11.9 Å². The highest BCUT2D eigenvalue weighted by atomic mass is 32.1. The van der Waals surface area contributed by atoms with Crippen LogP contribution in [0.1, 0.15) is 16.6 Å². The molecule has 0 fully saturated rings. The molecule has 0 aliphatic heterocycles. The first-order valence-electron chi connectivity index (χ1n) is 6.09. The largest absolute Gasteiger partial charge is 0.397 e. The van der Waals surface area contributed by atoms with Gasteiger partial charge in [-0.2, -0.15) is 0 Å². The molecule has 19 heavy (non-hydrogen) atoms. The number of carbonyl (C=O) groups is 1. The summed E-state index contributed by atoms with van der Waals surface area (Å²) in [5.41, 5.74) is 6.65. The Hall–Kier alpha value is -1.59. The van der Waals surface area contributed by atoms with E-state index in [2.05, 4.69) is 0 Å². The van der Waals surface area contributed by atoms with Crippen LogP contribution in [0, 0.1) is 0 Å². The Morgan fingerprint density at radius 1 is 1.47 bits per heavy atom. The summed E-state index contributed by atoms with van der Waals surface area (Å²) in [5.74, 6) is -0.0525. The number of nitrogens with zero attached hydrogens (tertiary/aromatic N) is 1. The van der Waals surface area contributed by atoms with Gasteiger partial charge in [-0.1, -0.05) is 18.2 Å². The molecule has 1 aromatic carbocycles. The van der Waals surface area contributed by atoms with Gasteiger partial charge in [0, 0.05) is 24.2 Å². The summed E-state index contributed by atoms with van der Waals surface area (Å²) >= 11 is 1.44. The zero-order valence-electron chi connectivity index (χ0n) is 11.3. The first kappa shape index (κ1) is 13.8. The van der Waals surface area contributed by atoms with E-state index >= 15 is 0 Å². The molecule has 0 aliphatic carbocycles. The maximum atomic E-state index is 12.5. The van der Waals surface area contributed by atoms with Crippen LogP contribution in [0.4, 0.5) is 5.69 Å². The van der Waals surface area contributed by atoms with Crippen molar-refractivity contribution in [2.75, 3.05) is 26.5 Å². The molecule has 2 rings (SSSR count). The Morgan fingerprint density at radius 2 is 2.16 bits per heavy atom. The van der Waals surface area contributed by atoms with E-state index in [0.29, 0.717) is 17.2 Å². The molecule has 1 heterocycles. The van der Waals surface area contributed by atoms with Crippen molar-refractivity contribution in [3.8, 4) is 0 Å². The lowest BCUT2D eigenvalue weighted by Crippen LogP contribution is -2.37. The van der Waals surface area contributed by atoms with Crippen LogP contribution >= 0.6 is 11.3 Å². The van der Waals surface area contributed by atoms with Gasteiger partial charge in [0.15, 0.2) is 0 Å². The maximum Gasteiger partial charge on any atom is 0.266 e. The predicted octanol–water partition coefficient (Wildman–Crippen LogP) is 2.59. The minimum Gasteiger partial charge on any atom is -0.397 e. The molecule has 0 saturated heterocycles. The number of nitrogens with two attached hydrogens (primary N) is 1. The number of nitrogen functional groups attached to an aromatic ring is 1. The molecule has 5 heteroatoms. The Kier molecular flexibility index (Phi) is 4.07. The maximum absolute atomic E-state index is 12.5. The second-order valence-corrected chi connectivity index (χ2v) is 5.61. The van der Waals surface area contributed by atoms with E-state index in [1.807, 2.05) is 31.2 Å². The van der Waals surface area contributed by atoms with Crippen LogP contribution in [-0.4, -0.2) is 37.6 Å². The summed E-state index contributed by atoms with van der Waals surface area (Å²) in [7, 11) is 3.40. The highest BCUT2D eigenvalue weighted by Crippen LogP contribution is 2.34. The van der Waals surface area contributed by atoms with Crippen molar-refractivity contribution in [1.82, 2.24) is 4.90 Å². The standard InChI is InChI=1S/C14H18N2O2S/c1-9(8-18-3)16(2)14(17)13-12(15)10-6-4-5-7-11(10)19-13/h4-7,9H,8,15H2,1-3H3. The summed E-state index contributed by atoms with van der Waals surface area (Å²) in [6.45, 7) is 2.46. The summed E-state index contributed by atoms with van der Waals surface area (Å²) < 4.78 is 6.12. The monoisotopic (exact) mass is 278 g/mol. The topological polar surface area (TPSA) is 55.6 Å². The molecule has 1 amide bonds. The second-order valence-electron chi connectivity index (χ2n) is 4.56. The Bertz CT molecular complexity index is 594. The molecule has 4 nitrogen and oxygen atoms in total. The van der Waals surface area contributed by atoms with Crippen molar-refractivity contribution < 1.29 is 9.53 Å². The molecule has 2 aromatic rings. The number of fused-ring (bicyclic) bond motifs is 1. The number of benzene rings is 1. The molecular weight excluding hydrogens is 260 g/mol. The van der Waals surface area contributed by atoms with Crippen LogP contribution in [-0.2, 0) is 4.74 Å². The first-order valence-corrected chi connectivity index (χ1v) is 6.91. The van der Waals surface area contributed by atoms with Gasteiger partial charge in [0.05, 0.1) is 18.3 Å². The van der Waals surface area contributed by atoms with Crippen molar-refractivity contribution >= 4 is 33.0 Å². The Labute approximate surface area is 116 Å². The number of thiophene rings is 1. The van der Waals surface area contributed by atoms with Gasteiger partial charge in [0.25, 0.3) is 5.91 Å². The zero-order valence-corrected chi connectivity index (χ0v) is 12.2. The molecule has 0 radical (unpaired) electrons. The molecule has 1 unspecified atom stereocenters. The fraction of sp³-hybridized carbons (Fsp3) is 0.357. The van der Waals surface area contributed by atoms with Gasteiger partial charge in [0.2, 0.25) is 0 Å². The molecule has 0 bridgehead atoms. The average molecular weight is 278 g/mol. The molecule has 1 aromatic heterocycles. The molecule has 1 atom stereocenters. The number of hydrogen-bond acceptors (Lipinski definition) is 4. The van der Waals surface area contributed by atoms with Crippen LogP contribution in [0.3, 0.4) is 0 Å². The Balaban J connectivity index is 2.33. The predicted molar refractivity (Wildman–Crippen MR) is 79.7 cm³/mol. The molecule has 102 valence electrons. The van der Waals surface area contributed by atoms with Crippen molar-refractivity contribution in [2.24, 2.45) is 0 Å². The molecule has 0 spiro atoms. The highest BCUT2D eigenvalue weighted by molar-refractivity contribution is 7.21. The third-order valence-corrected chi connectivity index (χ3v) is 4.39. The van der Waals surface area contributed by atoms with Gasteiger partial charge in [0.1, 0.15) is 4.88 Å². The molecule has 0 aliphatic rings. The molecule has 2 N–H and O–H groups in total. The summed E-state index contributed by atoms with van der Waals surface area (Å²) in [4.78, 5) is 14.7. The van der Waals surface area contributed by atoms with Crippen LogP contribution in [0.25, 0.3) is 10.1 Å². The summed E-state index contributed by atoms with van der Waals surface area (Å²) in [6.07, 6.45) is 0. The van der Waals surface area contributed by atoms with Crippen LogP contribution in [0.15, 0.2) is 24.3 Å². The van der Waals surface area contributed by atoms with E-state index in [1.54, 1.807) is 19.1 Å². The van der Waals surface area contributed by atoms with E-state index in [9.17, 15) is 4.79 Å². The Morgan fingerprint density at radius 3 is 2.79 bits per heavy atom. The van der Waals surface area contributed by atoms with E-state index in [4.69, 9.17) is 10.5 Å². The number of amides is 1. The summed E-state index contributed by atoms with van der Waals surface area (Å²) in [6, 6.07) is 7.81. The van der Waals surface area contributed by atoms with Crippen molar-refractivity contribution in [1.29, 1.82) is 0 Å². The van der Waals surface area contributed by atoms with Gasteiger partial charge in [-0.3, -0.25) is 4.79 Å². The van der Waals surface area contributed by atoms with Gasteiger partial charge in [-0.25, -0.2) is 0 Å².